The Kier molecular flexibility index (Phi) is 5.88. The van der Waals surface area contributed by atoms with Crippen molar-refractivity contribution in [3.05, 3.63) is 64.0 Å². The summed E-state index contributed by atoms with van der Waals surface area (Å²) >= 11 is 1.38. The number of benzene rings is 2. The second kappa shape index (κ2) is 8.51. The van der Waals surface area contributed by atoms with E-state index in [0.717, 1.165) is 26.7 Å². The zero-order chi connectivity index (χ0) is 19.2. The number of thiazole rings is 1. The normalized spacial score (nSPS) is 10.9. The highest BCUT2D eigenvalue weighted by Crippen LogP contribution is 2.31. The molecule has 0 fully saturated rings. The Bertz CT molecular complexity index is 964. The molecule has 0 unspecified atom stereocenters. The lowest BCUT2D eigenvalue weighted by Crippen LogP contribution is -1.99. The average Bonchev–Trinajstić information content (AvgIpc) is 3.08. The summed E-state index contributed by atoms with van der Waals surface area (Å²) in [7, 11) is 3.19. The molecule has 1 heterocycles. The molecule has 0 aliphatic rings. The molecule has 3 rings (SSSR count). The first-order valence-corrected chi connectivity index (χ1v) is 9.09. The summed E-state index contributed by atoms with van der Waals surface area (Å²) in [4.78, 5) is 16.6. The smallest absolute Gasteiger partial charge is 0.308 e. The van der Waals surface area contributed by atoms with Crippen LogP contribution >= 0.6 is 11.3 Å². The van der Waals surface area contributed by atoms with Gasteiger partial charge < -0.3 is 14.6 Å². The highest BCUT2D eigenvalue weighted by atomic mass is 32.1. The molecule has 0 radical (unpaired) electrons. The number of hydrogen-bond donors (Lipinski definition) is 1. The minimum Gasteiger partial charge on any atom is -0.493 e. The van der Waals surface area contributed by atoms with Crippen molar-refractivity contribution in [3.63, 3.8) is 0 Å². The van der Waals surface area contributed by atoms with Crippen LogP contribution in [0, 0.1) is 0 Å². The van der Waals surface area contributed by atoms with Gasteiger partial charge in [0.2, 0.25) is 0 Å². The molecule has 27 heavy (non-hydrogen) atoms. The first kappa shape index (κ1) is 18.7. The molecule has 0 saturated heterocycles. The van der Waals surface area contributed by atoms with E-state index in [2.05, 4.69) is 4.98 Å². The summed E-state index contributed by atoms with van der Waals surface area (Å²) in [6, 6.07) is 15.2. The Morgan fingerprint density at radius 2 is 1.81 bits per heavy atom. The molecule has 0 aliphatic heterocycles. The van der Waals surface area contributed by atoms with Crippen LogP contribution in [0.4, 0.5) is 0 Å². The molecular weight excluding hydrogens is 362 g/mol. The van der Waals surface area contributed by atoms with E-state index in [1.54, 1.807) is 14.2 Å². The molecule has 0 aliphatic carbocycles. The van der Waals surface area contributed by atoms with Gasteiger partial charge in [-0.25, -0.2) is 4.98 Å². The number of carboxylic acid groups (broad SMARTS) is 1. The molecule has 3 aromatic rings. The number of carboxylic acids is 1. The van der Waals surface area contributed by atoms with Crippen LogP contribution in [-0.4, -0.2) is 30.3 Å². The topological polar surface area (TPSA) is 68.7 Å². The third-order valence-corrected chi connectivity index (χ3v) is 4.92. The van der Waals surface area contributed by atoms with E-state index in [-0.39, 0.29) is 6.42 Å². The van der Waals surface area contributed by atoms with Gasteiger partial charge in [0.15, 0.2) is 11.5 Å². The molecule has 138 valence electrons. The highest BCUT2D eigenvalue weighted by Gasteiger charge is 2.14. The molecule has 6 heteroatoms. The zero-order valence-electron chi connectivity index (χ0n) is 15.0. The molecule has 5 nitrogen and oxygen atoms in total. The third kappa shape index (κ3) is 4.54. The molecule has 1 N–H and O–H groups in total. The van der Waals surface area contributed by atoms with Crippen LogP contribution in [0.2, 0.25) is 0 Å². The summed E-state index contributed by atoms with van der Waals surface area (Å²) in [6.07, 6.45) is 3.75. The predicted molar refractivity (Wildman–Crippen MR) is 107 cm³/mol. The van der Waals surface area contributed by atoms with E-state index in [9.17, 15) is 9.90 Å². The van der Waals surface area contributed by atoms with Gasteiger partial charge in [0.1, 0.15) is 5.01 Å². The summed E-state index contributed by atoms with van der Waals surface area (Å²) < 4.78 is 10.6. The van der Waals surface area contributed by atoms with Gasteiger partial charge in [-0.05, 0) is 23.8 Å². The van der Waals surface area contributed by atoms with E-state index >= 15 is 0 Å². The van der Waals surface area contributed by atoms with Gasteiger partial charge in [-0.3, -0.25) is 4.79 Å². The number of nitrogens with zero attached hydrogens (tertiary/aromatic N) is 1. The van der Waals surface area contributed by atoms with Crippen molar-refractivity contribution in [1.29, 1.82) is 0 Å². The number of aliphatic carboxylic acids is 1. The Morgan fingerprint density at radius 3 is 2.48 bits per heavy atom. The fourth-order valence-electron chi connectivity index (χ4n) is 2.64. The van der Waals surface area contributed by atoms with Crippen LogP contribution < -0.4 is 9.47 Å². The second-order valence-electron chi connectivity index (χ2n) is 5.71. The van der Waals surface area contributed by atoms with Crippen LogP contribution in [0.25, 0.3) is 23.4 Å². The summed E-state index contributed by atoms with van der Waals surface area (Å²) in [5, 5.41) is 9.95. The predicted octanol–water partition coefficient (Wildman–Crippen LogP) is 4.62. The second-order valence-corrected chi connectivity index (χ2v) is 6.82. The van der Waals surface area contributed by atoms with Crippen LogP contribution in [0.1, 0.15) is 15.4 Å². The Balaban J connectivity index is 1.92. The van der Waals surface area contributed by atoms with E-state index < -0.39 is 5.97 Å². The van der Waals surface area contributed by atoms with Crippen LogP contribution in [-0.2, 0) is 11.2 Å². The van der Waals surface area contributed by atoms with Crippen molar-refractivity contribution in [1.82, 2.24) is 4.98 Å². The van der Waals surface area contributed by atoms with Crippen LogP contribution in [0.3, 0.4) is 0 Å². The Morgan fingerprint density at radius 1 is 1.07 bits per heavy atom. The standard InChI is InChI=1S/C21H19NO4S/c1-25-16-10-8-14(12-17(16)26-2)9-11-19-22-21(15-6-4-3-5-7-15)18(27-19)13-20(23)24/h3-12H,13H2,1-2H3,(H,23,24)/b11-9+. The number of hydrogen-bond acceptors (Lipinski definition) is 5. The quantitative estimate of drug-likeness (QED) is 0.646. The molecule has 0 bridgehead atoms. The van der Waals surface area contributed by atoms with Gasteiger partial charge in [-0.15, -0.1) is 11.3 Å². The zero-order valence-corrected chi connectivity index (χ0v) is 15.8. The molecular formula is C21H19NO4S. The van der Waals surface area contributed by atoms with Crippen molar-refractivity contribution in [2.45, 2.75) is 6.42 Å². The van der Waals surface area contributed by atoms with E-state index in [1.165, 1.54) is 11.3 Å². The van der Waals surface area contributed by atoms with Crippen LogP contribution in [0.5, 0.6) is 11.5 Å². The molecule has 0 amide bonds. The van der Waals surface area contributed by atoms with Crippen molar-refractivity contribution < 1.29 is 19.4 Å². The first-order valence-electron chi connectivity index (χ1n) is 8.27. The summed E-state index contributed by atoms with van der Waals surface area (Å²) in [5.41, 5.74) is 2.56. The third-order valence-electron chi connectivity index (χ3n) is 3.90. The van der Waals surface area contributed by atoms with Crippen molar-refractivity contribution in [2.24, 2.45) is 0 Å². The molecule has 1 aromatic heterocycles. The Labute approximate surface area is 161 Å². The van der Waals surface area contributed by atoms with Gasteiger partial charge in [0, 0.05) is 10.4 Å². The number of rotatable bonds is 7. The van der Waals surface area contributed by atoms with Crippen molar-refractivity contribution in [2.75, 3.05) is 14.2 Å². The van der Waals surface area contributed by atoms with Crippen molar-refractivity contribution in [3.8, 4) is 22.8 Å². The largest absolute Gasteiger partial charge is 0.493 e. The first-order chi connectivity index (χ1) is 13.1. The summed E-state index contributed by atoms with van der Waals surface area (Å²) in [5.74, 6) is 0.445. The number of aromatic nitrogens is 1. The van der Waals surface area contributed by atoms with E-state index in [0.29, 0.717) is 11.5 Å². The molecule has 0 spiro atoms. The van der Waals surface area contributed by atoms with Gasteiger partial charge in [-0.1, -0.05) is 42.5 Å². The maximum atomic E-state index is 11.2. The lowest BCUT2D eigenvalue weighted by molar-refractivity contribution is -0.136. The number of carbonyl (C=O) groups is 1. The van der Waals surface area contributed by atoms with Gasteiger partial charge in [-0.2, -0.15) is 0 Å². The van der Waals surface area contributed by atoms with Gasteiger partial charge in [0.05, 0.1) is 26.3 Å². The highest BCUT2D eigenvalue weighted by molar-refractivity contribution is 7.13. The minimum atomic E-state index is -0.869. The van der Waals surface area contributed by atoms with Gasteiger partial charge >= 0.3 is 5.97 Å². The fourth-order valence-corrected chi connectivity index (χ4v) is 3.63. The lowest BCUT2D eigenvalue weighted by atomic mass is 10.1. The fraction of sp³-hybridized carbons (Fsp3) is 0.143. The number of methoxy groups -OCH3 is 2. The van der Waals surface area contributed by atoms with E-state index in [4.69, 9.17) is 9.47 Å². The molecule has 0 saturated carbocycles. The monoisotopic (exact) mass is 381 g/mol. The minimum absolute atomic E-state index is 0.0495. The lowest BCUT2D eigenvalue weighted by Gasteiger charge is -2.07. The summed E-state index contributed by atoms with van der Waals surface area (Å²) in [6.45, 7) is 0. The van der Waals surface area contributed by atoms with Gasteiger partial charge in [0.25, 0.3) is 0 Å². The average molecular weight is 381 g/mol. The molecule has 2 aromatic carbocycles. The van der Waals surface area contributed by atoms with Crippen LogP contribution in [0.15, 0.2) is 48.5 Å². The van der Waals surface area contributed by atoms with Crippen molar-refractivity contribution >= 4 is 29.5 Å². The number of ether oxygens (including phenoxy) is 2. The van der Waals surface area contributed by atoms with E-state index in [1.807, 2.05) is 60.7 Å². The maximum Gasteiger partial charge on any atom is 0.308 e. The maximum absolute atomic E-state index is 11.2. The SMILES string of the molecule is COc1ccc(/C=C/c2nc(-c3ccccc3)c(CC(=O)O)s2)cc1OC. The molecule has 0 atom stereocenters. The Hall–Kier alpha value is -3.12.